The lowest BCUT2D eigenvalue weighted by Crippen LogP contribution is -2.82. The molecule has 2 aliphatic rings. The van der Waals surface area contributed by atoms with E-state index < -0.39 is 41.4 Å². The molecular formula is C25H35Cl2N6O7S+. The number of nitrogens with two attached hydrogens (primary N) is 1. The molecule has 2 saturated heterocycles. The summed E-state index contributed by atoms with van der Waals surface area (Å²) in [7, 11) is 0. The zero-order chi connectivity index (χ0) is 30.6. The van der Waals surface area contributed by atoms with Crippen molar-refractivity contribution in [2.24, 2.45) is 17.1 Å². The van der Waals surface area contributed by atoms with Crippen LogP contribution in [0.3, 0.4) is 0 Å². The highest BCUT2D eigenvalue weighted by Crippen LogP contribution is 2.42. The second kappa shape index (κ2) is 13.0. The van der Waals surface area contributed by atoms with Crippen molar-refractivity contribution < 1.29 is 39.0 Å². The number of benzene rings is 1. The first-order chi connectivity index (χ1) is 19.1. The number of ketones is 1. The van der Waals surface area contributed by atoms with Gasteiger partial charge in [-0.15, -0.1) is 0 Å². The van der Waals surface area contributed by atoms with Gasteiger partial charge in [-0.25, -0.2) is 10.2 Å². The van der Waals surface area contributed by atoms with E-state index in [0.29, 0.717) is 28.6 Å². The monoisotopic (exact) mass is 633 g/mol. The molecule has 2 aliphatic heterocycles. The summed E-state index contributed by atoms with van der Waals surface area (Å²) in [4.78, 5) is 51.8. The molecule has 0 bridgehead atoms. The number of carboxylic acids is 2. The Kier molecular flexibility index (Phi) is 10.4. The zero-order valence-electron chi connectivity index (χ0n) is 22.5. The fourth-order valence-corrected chi connectivity index (χ4v) is 6.61. The third kappa shape index (κ3) is 7.19. The van der Waals surface area contributed by atoms with E-state index >= 15 is 0 Å². The van der Waals surface area contributed by atoms with Crippen molar-refractivity contribution in [1.29, 1.82) is 0 Å². The molecule has 2 fully saturated rings. The Morgan fingerprint density at radius 1 is 1.24 bits per heavy atom. The van der Waals surface area contributed by atoms with Gasteiger partial charge in [-0.05, 0) is 36.8 Å². The van der Waals surface area contributed by atoms with Crippen LogP contribution in [-0.4, -0.2) is 105 Å². The second-order valence-electron chi connectivity index (χ2n) is 11.0. The summed E-state index contributed by atoms with van der Waals surface area (Å²) in [5.41, 5.74) is 8.60. The first kappa shape index (κ1) is 32.8. The maximum Gasteiger partial charge on any atom is 0.412 e. The van der Waals surface area contributed by atoms with E-state index in [1.165, 1.54) is 11.8 Å². The molecule has 0 spiro atoms. The predicted molar refractivity (Wildman–Crippen MR) is 154 cm³/mol. The zero-order valence-corrected chi connectivity index (χ0v) is 24.8. The Bertz CT molecular complexity index is 1220. The number of nitrogens with one attached hydrogen (secondary N) is 3. The lowest BCUT2D eigenvalue weighted by Gasteiger charge is -2.58. The summed E-state index contributed by atoms with van der Waals surface area (Å²) in [6.45, 7) is 1.86. The largest absolute Gasteiger partial charge is 0.481 e. The van der Waals surface area contributed by atoms with Crippen LogP contribution in [0.1, 0.15) is 25.3 Å². The minimum Gasteiger partial charge on any atom is -0.481 e. The van der Waals surface area contributed by atoms with Crippen LogP contribution in [0.5, 0.6) is 0 Å². The number of hydrazine groups is 1. The van der Waals surface area contributed by atoms with Crippen molar-refractivity contribution >= 4 is 64.3 Å². The van der Waals surface area contributed by atoms with E-state index in [1.54, 1.807) is 18.2 Å². The molecular weight excluding hydrogens is 599 g/mol. The summed E-state index contributed by atoms with van der Waals surface area (Å²) in [5.74, 6) is -3.34. The van der Waals surface area contributed by atoms with Gasteiger partial charge < -0.3 is 26.4 Å². The summed E-state index contributed by atoms with van der Waals surface area (Å²) < 4.78 is -0.174. The van der Waals surface area contributed by atoms with E-state index in [-0.39, 0.29) is 61.1 Å². The van der Waals surface area contributed by atoms with E-state index in [2.05, 4.69) is 16.2 Å². The number of rotatable bonds is 12. The summed E-state index contributed by atoms with van der Waals surface area (Å²) in [6.07, 6.45) is -1.55. The molecule has 13 nitrogen and oxygen atoms in total. The van der Waals surface area contributed by atoms with Gasteiger partial charge in [0.15, 0.2) is 5.11 Å². The maximum atomic E-state index is 13.6. The molecule has 0 aliphatic carbocycles. The van der Waals surface area contributed by atoms with Crippen LogP contribution in [0.2, 0.25) is 10.0 Å². The van der Waals surface area contributed by atoms with E-state index in [1.807, 2.05) is 0 Å². The number of carboxylic acid groups (broad SMARTS) is 3. The quantitative estimate of drug-likeness (QED) is 0.0986. The number of thiocarbonyl (C=S) groups is 1. The fraction of sp³-hybridized carbons (Fsp3) is 0.560. The molecule has 2 heterocycles. The van der Waals surface area contributed by atoms with Crippen molar-refractivity contribution in [2.75, 3.05) is 45.8 Å². The van der Waals surface area contributed by atoms with Gasteiger partial charge in [-0.1, -0.05) is 29.3 Å². The standard InChI is InChI=1S/C25H34Cl2N6O7S/c1-24(21(37)38,10-20(35)36)14-33(25(13-30-31-22(28)41)12-29-5-6-32(25)23(39)40)7-4-16(11-33)19(34)9-15-2-3-17(26)18(27)8-15/h2-3,8,16,29-30H,4-7,9-14H2,1H3,(H5-,28,31,35,36,37,38,39,40,41)/p+1/t16?,24-,25?,33?/m0/s1. The number of carbonyl (C=O) groups excluding carboxylic acids is 1. The van der Waals surface area contributed by atoms with Gasteiger partial charge in [-0.3, -0.25) is 29.2 Å². The third-order valence-corrected chi connectivity index (χ3v) is 8.96. The SMILES string of the molecule is C[C@](CC(=O)O)(C[N+]1(C2(CNNC(N)=S)CNCCN2C(=O)O)CCC(C(=O)Cc2ccc(Cl)c(Cl)c2)C1)C(=O)O. The second-order valence-corrected chi connectivity index (χ2v) is 12.2. The molecule has 4 atom stereocenters. The lowest BCUT2D eigenvalue weighted by molar-refractivity contribution is -0.980. The third-order valence-electron chi connectivity index (χ3n) is 8.12. The van der Waals surface area contributed by atoms with Crippen molar-refractivity contribution in [3.63, 3.8) is 0 Å². The van der Waals surface area contributed by atoms with Gasteiger partial charge in [0.25, 0.3) is 0 Å². The Morgan fingerprint density at radius 3 is 2.54 bits per heavy atom. The number of hydrogen-bond acceptors (Lipinski definition) is 7. The lowest BCUT2D eigenvalue weighted by atomic mass is 9.83. The number of quaternary nitrogens is 1. The molecule has 41 heavy (non-hydrogen) atoms. The van der Waals surface area contributed by atoms with Crippen LogP contribution >= 0.6 is 35.4 Å². The van der Waals surface area contributed by atoms with Crippen LogP contribution in [0.4, 0.5) is 4.79 Å². The van der Waals surface area contributed by atoms with Crippen LogP contribution in [0, 0.1) is 11.3 Å². The van der Waals surface area contributed by atoms with Gasteiger partial charge in [0.05, 0.1) is 55.1 Å². The number of carbonyl (C=O) groups is 4. The average Bonchev–Trinajstić information content (AvgIpc) is 3.31. The summed E-state index contributed by atoms with van der Waals surface area (Å²) in [5, 5.41) is 33.9. The molecule has 16 heteroatoms. The van der Waals surface area contributed by atoms with Crippen molar-refractivity contribution in [2.45, 2.75) is 31.8 Å². The number of Topliss-reactive ketones (excluding diaryl/α,β-unsaturated/α-hetero) is 1. The summed E-state index contributed by atoms with van der Waals surface area (Å²) in [6, 6.07) is 4.90. The first-order valence-corrected chi connectivity index (χ1v) is 14.1. The van der Waals surface area contributed by atoms with Crippen LogP contribution in [0.15, 0.2) is 18.2 Å². The molecule has 3 rings (SSSR count). The fourth-order valence-electron chi connectivity index (χ4n) is 6.21. The first-order valence-electron chi connectivity index (χ1n) is 12.9. The van der Waals surface area contributed by atoms with Gasteiger partial charge in [-0.2, -0.15) is 0 Å². The van der Waals surface area contributed by atoms with Crippen molar-refractivity contribution in [3.8, 4) is 0 Å². The Labute approximate surface area is 252 Å². The smallest absolute Gasteiger partial charge is 0.412 e. The number of halogens is 2. The number of hydrogen-bond donors (Lipinski definition) is 7. The molecule has 226 valence electrons. The Morgan fingerprint density at radius 2 is 1.95 bits per heavy atom. The van der Waals surface area contributed by atoms with E-state index in [4.69, 9.17) is 41.2 Å². The minimum atomic E-state index is -1.78. The molecule has 1 aromatic rings. The molecule has 1 amide bonds. The van der Waals surface area contributed by atoms with Crippen molar-refractivity contribution in [1.82, 2.24) is 21.1 Å². The number of amides is 1. The molecule has 8 N–H and O–H groups in total. The van der Waals surface area contributed by atoms with Gasteiger partial charge in [0.1, 0.15) is 11.2 Å². The van der Waals surface area contributed by atoms with E-state index in [0.717, 1.165) is 0 Å². The van der Waals surface area contributed by atoms with Gasteiger partial charge in [0.2, 0.25) is 5.66 Å². The predicted octanol–water partition coefficient (Wildman–Crippen LogP) is 1.12. The highest BCUT2D eigenvalue weighted by Gasteiger charge is 2.63. The molecule has 3 unspecified atom stereocenters. The highest BCUT2D eigenvalue weighted by molar-refractivity contribution is 7.80. The number of piperazine rings is 1. The van der Waals surface area contributed by atoms with Crippen molar-refractivity contribution in [3.05, 3.63) is 33.8 Å². The maximum absolute atomic E-state index is 13.6. The summed E-state index contributed by atoms with van der Waals surface area (Å²) >= 11 is 17.0. The normalized spacial score (nSPS) is 25.7. The van der Waals surface area contributed by atoms with E-state index in [9.17, 15) is 34.5 Å². The highest BCUT2D eigenvalue weighted by atomic mass is 35.5. The number of aliphatic carboxylic acids is 2. The minimum absolute atomic E-state index is 0.0437. The number of nitrogens with zero attached hydrogens (tertiary/aromatic N) is 2. The molecule has 1 aromatic carbocycles. The molecule has 0 aromatic heterocycles. The Hall–Kier alpha value is -2.75. The average molecular weight is 635 g/mol. The molecule has 0 radical (unpaired) electrons. The Balaban J connectivity index is 2.09. The van der Waals surface area contributed by atoms with Crippen LogP contribution < -0.4 is 21.9 Å². The van der Waals surface area contributed by atoms with Crippen LogP contribution in [-0.2, 0) is 20.8 Å². The topological polar surface area (TPSA) is 194 Å². The van der Waals surface area contributed by atoms with Gasteiger partial charge >= 0.3 is 18.0 Å². The van der Waals surface area contributed by atoms with Crippen LogP contribution in [0.25, 0.3) is 0 Å². The van der Waals surface area contributed by atoms with Gasteiger partial charge in [0, 0.05) is 25.9 Å². The number of likely N-dealkylation sites (tertiary alicyclic amines) is 1. The molecule has 0 saturated carbocycles.